The molecule has 6 nitrogen and oxygen atoms in total. The fraction of sp³-hybridized carbons (Fsp3) is 0.722. The van der Waals surface area contributed by atoms with Crippen molar-refractivity contribution in [2.45, 2.75) is 12.6 Å². The molecule has 26 heavy (non-hydrogen) atoms. The van der Waals surface area contributed by atoms with Crippen LogP contribution in [-0.2, 0) is 6.54 Å². The van der Waals surface area contributed by atoms with Crippen molar-refractivity contribution in [1.29, 1.82) is 0 Å². The van der Waals surface area contributed by atoms with Gasteiger partial charge in [0.2, 0.25) is 0 Å². The van der Waals surface area contributed by atoms with Crippen molar-refractivity contribution in [1.82, 2.24) is 24.9 Å². The van der Waals surface area contributed by atoms with E-state index in [9.17, 15) is 0 Å². The van der Waals surface area contributed by atoms with Crippen molar-refractivity contribution in [3.63, 3.8) is 0 Å². The number of fused-ring (bicyclic) bond motifs is 3. The SMILES string of the molecule is CN=C(NCC1CN2CCN1CC2)N1CCN(Cc2ccc(Br)s2)CC1. The van der Waals surface area contributed by atoms with E-state index in [2.05, 4.69) is 58.0 Å². The Morgan fingerprint density at radius 2 is 1.92 bits per heavy atom. The Kier molecular flexibility index (Phi) is 6.15. The second-order valence-corrected chi connectivity index (χ2v) is 9.94. The number of piperazine rings is 4. The summed E-state index contributed by atoms with van der Waals surface area (Å²) in [5.74, 6) is 1.07. The molecule has 0 aliphatic carbocycles. The molecule has 1 N–H and O–H groups in total. The van der Waals surface area contributed by atoms with Gasteiger partial charge in [0.15, 0.2) is 5.96 Å². The van der Waals surface area contributed by atoms with Gasteiger partial charge in [-0.25, -0.2) is 0 Å². The van der Waals surface area contributed by atoms with Crippen LogP contribution in [0, 0.1) is 0 Å². The summed E-state index contributed by atoms with van der Waals surface area (Å²) in [4.78, 5) is 16.2. The molecular weight excluding hydrogens is 412 g/mol. The average molecular weight is 441 g/mol. The lowest BCUT2D eigenvalue weighted by atomic mass is 10.1. The smallest absolute Gasteiger partial charge is 0.193 e. The lowest BCUT2D eigenvalue weighted by molar-refractivity contribution is 0.0151. The predicted octanol–water partition coefficient (Wildman–Crippen LogP) is 1.20. The van der Waals surface area contributed by atoms with Crippen molar-refractivity contribution in [3.8, 4) is 0 Å². The monoisotopic (exact) mass is 440 g/mol. The summed E-state index contributed by atoms with van der Waals surface area (Å²) in [5, 5.41) is 3.65. The van der Waals surface area contributed by atoms with E-state index in [-0.39, 0.29) is 0 Å². The van der Waals surface area contributed by atoms with Gasteiger partial charge < -0.3 is 10.2 Å². The van der Waals surface area contributed by atoms with Gasteiger partial charge in [-0.15, -0.1) is 11.3 Å². The van der Waals surface area contributed by atoms with Crippen LogP contribution in [-0.4, -0.2) is 104 Å². The zero-order chi connectivity index (χ0) is 17.9. The first-order valence-corrected chi connectivity index (χ1v) is 11.2. The molecule has 0 aromatic carbocycles. The zero-order valence-corrected chi connectivity index (χ0v) is 17.9. The van der Waals surface area contributed by atoms with Gasteiger partial charge in [0.1, 0.15) is 0 Å². The number of guanidine groups is 1. The Morgan fingerprint density at radius 1 is 1.15 bits per heavy atom. The molecule has 0 radical (unpaired) electrons. The molecule has 4 aliphatic heterocycles. The van der Waals surface area contributed by atoms with E-state index >= 15 is 0 Å². The van der Waals surface area contributed by atoms with E-state index < -0.39 is 0 Å². The number of halogens is 1. The first-order valence-electron chi connectivity index (χ1n) is 9.60. The molecule has 1 atom stereocenters. The third-order valence-electron chi connectivity index (χ3n) is 5.78. The Morgan fingerprint density at radius 3 is 2.50 bits per heavy atom. The summed E-state index contributed by atoms with van der Waals surface area (Å²) in [6, 6.07) is 5.00. The minimum atomic E-state index is 0.632. The number of nitrogens with zero attached hydrogens (tertiary/aromatic N) is 5. The summed E-state index contributed by atoms with van der Waals surface area (Å²) < 4.78 is 1.22. The number of hydrogen-bond donors (Lipinski definition) is 1. The minimum Gasteiger partial charge on any atom is -0.355 e. The molecule has 1 unspecified atom stereocenters. The summed E-state index contributed by atoms with van der Waals surface area (Å²) in [5.41, 5.74) is 0. The van der Waals surface area contributed by atoms with Crippen molar-refractivity contribution in [2.75, 3.05) is 72.5 Å². The summed E-state index contributed by atoms with van der Waals surface area (Å²) in [6.07, 6.45) is 0. The van der Waals surface area contributed by atoms with Crippen LogP contribution in [0.15, 0.2) is 20.9 Å². The van der Waals surface area contributed by atoms with Crippen LogP contribution in [0.4, 0.5) is 0 Å². The van der Waals surface area contributed by atoms with Gasteiger partial charge in [-0.1, -0.05) is 0 Å². The topological polar surface area (TPSA) is 37.4 Å². The van der Waals surface area contributed by atoms with Crippen molar-refractivity contribution < 1.29 is 0 Å². The number of rotatable bonds is 4. The molecule has 0 saturated carbocycles. The maximum absolute atomic E-state index is 4.55. The molecule has 4 saturated heterocycles. The second-order valence-electron chi connectivity index (χ2n) is 7.39. The fourth-order valence-corrected chi connectivity index (χ4v) is 5.76. The lowest BCUT2D eigenvalue weighted by Gasteiger charge is -2.47. The van der Waals surface area contributed by atoms with Crippen LogP contribution in [0.1, 0.15) is 4.88 Å². The standard InChI is InChI=1S/C18H29BrN6S/c1-20-18(21-12-15-13-22-4-8-24(15)9-5-22)25-10-6-23(7-11-25)14-16-2-3-17(19)26-16/h2-3,15H,4-14H2,1H3,(H,20,21). The van der Waals surface area contributed by atoms with Crippen LogP contribution < -0.4 is 5.32 Å². The second kappa shape index (κ2) is 8.56. The molecule has 144 valence electrons. The molecular formula is C18H29BrN6S. The maximum Gasteiger partial charge on any atom is 0.193 e. The fourth-order valence-electron chi connectivity index (χ4n) is 4.23. The number of aliphatic imine (C=N–C) groups is 1. The van der Waals surface area contributed by atoms with Gasteiger partial charge in [-0.05, 0) is 28.1 Å². The number of hydrogen-bond acceptors (Lipinski definition) is 5. The Labute approximate surface area is 169 Å². The average Bonchev–Trinajstić information content (AvgIpc) is 3.09. The van der Waals surface area contributed by atoms with E-state index in [1.807, 2.05) is 18.4 Å². The summed E-state index contributed by atoms with van der Waals surface area (Å²) in [7, 11) is 1.91. The molecule has 8 heteroatoms. The quantitative estimate of drug-likeness (QED) is 0.562. The Bertz CT molecular complexity index is 619. The van der Waals surface area contributed by atoms with Gasteiger partial charge in [0.25, 0.3) is 0 Å². The Hall–Kier alpha value is -0.670. The number of thiophene rings is 1. The van der Waals surface area contributed by atoms with Crippen molar-refractivity contribution >= 4 is 33.2 Å². The summed E-state index contributed by atoms with van der Waals surface area (Å²) >= 11 is 5.40. The summed E-state index contributed by atoms with van der Waals surface area (Å²) in [6.45, 7) is 12.5. The number of nitrogens with one attached hydrogen (secondary N) is 1. The molecule has 0 spiro atoms. The van der Waals surface area contributed by atoms with E-state index in [1.54, 1.807) is 0 Å². The van der Waals surface area contributed by atoms with Crippen molar-refractivity contribution in [3.05, 3.63) is 20.8 Å². The minimum absolute atomic E-state index is 0.632. The van der Waals surface area contributed by atoms with Crippen LogP contribution in [0.2, 0.25) is 0 Å². The van der Waals surface area contributed by atoms with E-state index in [4.69, 9.17) is 0 Å². The van der Waals surface area contributed by atoms with Gasteiger partial charge in [-0.3, -0.25) is 19.7 Å². The van der Waals surface area contributed by atoms with Gasteiger partial charge in [0, 0.05) is 90.0 Å². The van der Waals surface area contributed by atoms with E-state index in [0.717, 1.165) is 45.2 Å². The highest BCUT2D eigenvalue weighted by Gasteiger charge is 2.32. The molecule has 0 amide bonds. The van der Waals surface area contributed by atoms with Gasteiger partial charge in [0.05, 0.1) is 3.79 Å². The predicted molar refractivity (Wildman–Crippen MR) is 112 cm³/mol. The molecule has 1 aromatic heterocycles. The van der Waals surface area contributed by atoms with E-state index in [0.29, 0.717) is 6.04 Å². The van der Waals surface area contributed by atoms with Crippen molar-refractivity contribution in [2.24, 2.45) is 4.99 Å². The van der Waals surface area contributed by atoms with Crippen LogP contribution in [0.25, 0.3) is 0 Å². The van der Waals surface area contributed by atoms with Gasteiger partial charge >= 0.3 is 0 Å². The molecule has 4 fully saturated rings. The first-order chi connectivity index (χ1) is 12.7. The third kappa shape index (κ3) is 4.42. The highest BCUT2D eigenvalue weighted by atomic mass is 79.9. The highest BCUT2D eigenvalue weighted by molar-refractivity contribution is 9.11. The normalized spacial score (nSPS) is 30.0. The third-order valence-corrected chi connectivity index (χ3v) is 7.39. The van der Waals surface area contributed by atoms with Crippen LogP contribution >= 0.6 is 27.3 Å². The van der Waals surface area contributed by atoms with E-state index in [1.165, 1.54) is 41.4 Å². The highest BCUT2D eigenvalue weighted by Crippen LogP contribution is 2.23. The first kappa shape index (κ1) is 18.7. The van der Waals surface area contributed by atoms with Crippen LogP contribution in [0.3, 0.4) is 0 Å². The molecule has 5 heterocycles. The lowest BCUT2D eigenvalue weighted by Crippen LogP contribution is -2.64. The molecule has 1 aromatic rings. The largest absolute Gasteiger partial charge is 0.355 e. The molecule has 5 rings (SSSR count). The molecule has 2 bridgehead atoms. The zero-order valence-electron chi connectivity index (χ0n) is 15.5. The van der Waals surface area contributed by atoms with Gasteiger partial charge in [-0.2, -0.15) is 0 Å². The Balaban J connectivity index is 1.23. The maximum atomic E-state index is 4.55. The van der Waals surface area contributed by atoms with Crippen LogP contribution in [0.5, 0.6) is 0 Å². The molecule has 4 aliphatic rings.